The van der Waals surface area contributed by atoms with Gasteiger partial charge in [-0.3, -0.25) is 14.8 Å². The fourth-order valence-electron chi connectivity index (χ4n) is 4.25. The summed E-state index contributed by atoms with van der Waals surface area (Å²) in [4.78, 5) is 27.6. The van der Waals surface area contributed by atoms with E-state index in [0.717, 1.165) is 29.9 Å². The monoisotopic (exact) mass is 435 g/mol. The van der Waals surface area contributed by atoms with Gasteiger partial charge in [0.15, 0.2) is 0 Å². The Labute approximate surface area is 186 Å². The van der Waals surface area contributed by atoms with Crippen molar-refractivity contribution in [3.05, 3.63) is 77.6 Å². The van der Waals surface area contributed by atoms with Crippen LogP contribution in [0.25, 0.3) is 0 Å². The molecule has 166 valence electrons. The van der Waals surface area contributed by atoms with Gasteiger partial charge in [-0.2, -0.15) is 0 Å². The van der Waals surface area contributed by atoms with Crippen LogP contribution in [0, 0.1) is 11.7 Å². The maximum absolute atomic E-state index is 13.1. The minimum atomic E-state index is -0.407. The molecule has 0 N–H and O–H groups in total. The first-order valence-electron chi connectivity index (χ1n) is 11.0. The van der Waals surface area contributed by atoms with Gasteiger partial charge < -0.3 is 14.2 Å². The van der Waals surface area contributed by atoms with E-state index in [2.05, 4.69) is 19.5 Å². The van der Waals surface area contributed by atoms with Gasteiger partial charge in [0, 0.05) is 42.8 Å². The molecule has 3 aromatic heterocycles. The summed E-state index contributed by atoms with van der Waals surface area (Å²) in [5, 5.41) is 0. The van der Waals surface area contributed by atoms with Crippen LogP contribution in [0.1, 0.15) is 41.4 Å². The second-order valence-corrected chi connectivity index (χ2v) is 8.66. The zero-order valence-corrected chi connectivity index (χ0v) is 17.9. The summed E-state index contributed by atoms with van der Waals surface area (Å²) >= 11 is 0. The first-order chi connectivity index (χ1) is 15.7. The molecule has 0 bridgehead atoms. The molecular formula is C24H26FN5O2. The number of rotatable bonds is 8. The number of carbonyl (C=O) groups is 1. The van der Waals surface area contributed by atoms with Gasteiger partial charge in [0.1, 0.15) is 5.82 Å². The third kappa shape index (κ3) is 4.85. The van der Waals surface area contributed by atoms with Gasteiger partial charge >= 0.3 is 0 Å². The lowest BCUT2D eigenvalue weighted by molar-refractivity contribution is -0.132. The van der Waals surface area contributed by atoms with Crippen molar-refractivity contribution >= 4 is 5.91 Å². The van der Waals surface area contributed by atoms with E-state index >= 15 is 0 Å². The summed E-state index contributed by atoms with van der Waals surface area (Å²) in [6.07, 6.45) is 9.27. The summed E-state index contributed by atoms with van der Waals surface area (Å²) in [5.74, 6) is 0.330. The molecule has 32 heavy (non-hydrogen) atoms. The first kappa shape index (κ1) is 20.8. The van der Waals surface area contributed by atoms with Crippen molar-refractivity contribution in [1.82, 2.24) is 24.4 Å². The minimum Gasteiger partial charge on any atom is -0.376 e. The lowest BCUT2D eigenvalue weighted by Gasteiger charge is -2.33. The van der Waals surface area contributed by atoms with E-state index in [0.29, 0.717) is 32.0 Å². The highest BCUT2D eigenvalue weighted by molar-refractivity contribution is 5.78. The number of carbonyl (C=O) groups excluding carboxylic acids is 1. The number of ether oxygens (including phenoxy) is 1. The van der Waals surface area contributed by atoms with Crippen LogP contribution < -0.4 is 0 Å². The van der Waals surface area contributed by atoms with Gasteiger partial charge in [0.25, 0.3) is 0 Å². The number of imidazole rings is 1. The molecular weight excluding hydrogens is 409 g/mol. The zero-order chi connectivity index (χ0) is 21.9. The van der Waals surface area contributed by atoms with E-state index in [1.807, 2.05) is 23.4 Å². The van der Waals surface area contributed by atoms with Crippen molar-refractivity contribution in [1.29, 1.82) is 0 Å². The molecule has 0 spiro atoms. The highest BCUT2D eigenvalue weighted by atomic mass is 19.1. The standard InChI is InChI=1S/C24H26FN5O2/c25-20-5-6-21(27-10-20)8-23(31)29-12-19(15-32-14-18-2-1-7-26-9-18)24-22(13-29)28-16-30(24)11-17-3-4-17/h1-2,5-7,9-10,16-17,19H,3-4,8,11-15H2. The Morgan fingerprint density at radius 1 is 1.19 bits per heavy atom. The van der Waals surface area contributed by atoms with Crippen molar-refractivity contribution in [3.8, 4) is 0 Å². The third-order valence-electron chi connectivity index (χ3n) is 6.06. The highest BCUT2D eigenvalue weighted by Crippen LogP contribution is 2.34. The maximum Gasteiger partial charge on any atom is 0.228 e. The summed E-state index contributed by atoms with van der Waals surface area (Å²) in [6.45, 7) is 3.00. The minimum absolute atomic E-state index is 0.0382. The molecule has 1 fully saturated rings. The predicted octanol–water partition coefficient (Wildman–Crippen LogP) is 3.11. The number of pyridine rings is 2. The molecule has 2 aliphatic rings. The molecule has 1 saturated carbocycles. The van der Waals surface area contributed by atoms with Crippen molar-refractivity contribution in [3.63, 3.8) is 0 Å². The second kappa shape index (κ2) is 9.16. The molecule has 5 rings (SSSR count). The Bertz CT molecular complexity index is 1070. The average Bonchev–Trinajstić information content (AvgIpc) is 3.54. The second-order valence-electron chi connectivity index (χ2n) is 8.66. The van der Waals surface area contributed by atoms with Gasteiger partial charge in [0.05, 0.1) is 44.4 Å². The quantitative estimate of drug-likeness (QED) is 0.544. The van der Waals surface area contributed by atoms with Gasteiger partial charge in [-0.25, -0.2) is 9.37 Å². The lowest BCUT2D eigenvalue weighted by atomic mass is 9.98. The number of halogens is 1. The Hall–Kier alpha value is -3.13. The van der Waals surface area contributed by atoms with Crippen LogP contribution in [-0.2, 0) is 35.6 Å². The molecule has 0 aromatic carbocycles. The molecule has 3 aromatic rings. The fraction of sp³-hybridized carbons (Fsp3) is 0.417. The molecule has 0 saturated heterocycles. The van der Waals surface area contributed by atoms with Crippen LogP contribution in [0.4, 0.5) is 4.39 Å². The number of hydrogen-bond donors (Lipinski definition) is 0. The predicted molar refractivity (Wildman–Crippen MR) is 115 cm³/mol. The van der Waals surface area contributed by atoms with Crippen molar-refractivity contribution in [2.45, 2.75) is 44.9 Å². The Balaban J connectivity index is 1.30. The topological polar surface area (TPSA) is 73.1 Å². The number of amides is 1. The Morgan fingerprint density at radius 2 is 2.09 bits per heavy atom. The fourth-order valence-corrected chi connectivity index (χ4v) is 4.25. The molecule has 1 aliphatic carbocycles. The molecule has 1 atom stereocenters. The maximum atomic E-state index is 13.1. The molecule has 1 aliphatic heterocycles. The summed E-state index contributed by atoms with van der Waals surface area (Å²) < 4.78 is 21.5. The van der Waals surface area contributed by atoms with Gasteiger partial charge in [-0.15, -0.1) is 0 Å². The molecule has 1 amide bonds. The van der Waals surface area contributed by atoms with Crippen LogP contribution in [0.5, 0.6) is 0 Å². The van der Waals surface area contributed by atoms with Crippen LogP contribution in [0.15, 0.2) is 49.2 Å². The van der Waals surface area contributed by atoms with Crippen molar-refractivity contribution < 1.29 is 13.9 Å². The molecule has 8 heteroatoms. The third-order valence-corrected chi connectivity index (χ3v) is 6.06. The number of fused-ring (bicyclic) bond motifs is 1. The zero-order valence-electron chi connectivity index (χ0n) is 17.9. The van der Waals surface area contributed by atoms with Gasteiger partial charge in [-0.05, 0) is 42.5 Å². The van der Waals surface area contributed by atoms with Crippen LogP contribution in [0.3, 0.4) is 0 Å². The van der Waals surface area contributed by atoms with Gasteiger partial charge in [-0.1, -0.05) is 6.07 Å². The summed E-state index contributed by atoms with van der Waals surface area (Å²) in [6, 6.07) is 6.77. The summed E-state index contributed by atoms with van der Waals surface area (Å²) in [7, 11) is 0. The average molecular weight is 436 g/mol. The lowest BCUT2D eigenvalue weighted by Crippen LogP contribution is -2.41. The normalized spacial score (nSPS) is 17.9. The Morgan fingerprint density at radius 3 is 2.84 bits per heavy atom. The van der Waals surface area contributed by atoms with Gasteiger partial charge in [0.2, 0.25) is 5.91 Å². The number of aromatic nitrogens is 4. The van der Waals surface area contributed by atoms with E-state index in [9.17, 15) is 9.18 Å². The molecule has 4 heterocycles. The highest BCUT2D eigenvalue weighted by Gasteiger charge is 2.33. The summed E-state index contributed by atoms with van der Waals surface area (Å²) in [5.41, 5.74) is 3.70. The van der Waals surface area contributed by atoms with E-state index < -0.39 is 5.82 Å². The van der Waals surface area contributed by atoms with Crippen molar-refractivity contribution in [2.75, 3.05) is 13.2 Å². The molecule has 0 radical (unpaired) electrons. The van der Waals surface area contributed by atoms with E-state index in [1.54, 1.807) is 18.5 Å². The van der Waals surface area contributed by atoms with E-state index in [4.69, 9.17) is 4.74 Å². The van der Waals surface area contributed by atoms with Crippen molar-refractivity contribution in [2.24, 2.45) is 5.92 Å². The SMILES string of the molecule is O=C(Cc1ccc(F)cn1)N1Cc2ncn(CC3CC3)c2C(COCc2cccnc2)C1. The molecule has 1 unspecified atom stereocenters. The number of nitrogens with zero attached hydrogens (tertiary/aromatic N) is 5. The van der Waals surface area contributed by atoms with Crippen LogP contribution >= 0.6 is 0 Å². The van der Waals surface area contributed by atoms with E-state index in [1.165, 1.54) is 24.6 Å². The largest absolute Gasteiger partial charge is 0.376 e. The van der Waals surface area contributed by atoms with Crippen LogP contribution in [-0.4, -0.2) is 43.5 Å². The Kier molecular flexibility index (Phi) is 5.94. The number of hydrogen-bond acceptors (Lipinski definition) is 5. The van der Waals surface area contributed by atoms with E-state index in [-0.39, 0.29) is 18.2 Å². The molecule has 7 nitrogen and oxygen atoms in total. The smallest absolute Gasteiger partial charge is 0.228 e. The van der Waals surface area contributed by atoms with Crippen LogP contribution in [0.2, 0.25) is 0 Å². The first-order valence-corrected chi connectivity index (χ1v) is 11.0.